The van der Waals surface area contributed by atoms with Crippen LogP contribution in [0.15, 0.2) is 0 Å². The summed E-state index contributed by atoms with van der Waals surface area (Å²) < 4.78 is 17.9. The average Bonchev–Trinajstić information content (AvgIpc) is 2.73. The van der Waals surface area contributed by atoms with Gasteiger partial charge in [0.05, 0.1) is 7.11 Å². The van der Waals surface area contributed by atoms with Crippen molar-refractivity contribution in [1.29, 1.82) is 0 Å². The molecule has 0 saturated heterocycles. The summed E-state index contributed by atoms with van der Waals surface area (Å²) in [6, 6.07) is 0. The van der Waals surface area contributed by atoms with Crippen LogP contribution in [-0.4, -0.2) is 19.3 Å². The number of alkyl halides is 1. The summed E-state index contributed by atoms with van der Waals surface area (Å²) in [7, 11) is 1.34. The first-order valence-corrected chi connectivity index (χ1v) is 4.46. The highest BCUT2D eigenvalue weighted by atomic mass is 19.1. The number of halogens is 1. The maximum absolute atomic E-state index is 13.3. The van der Waals surface area contributed by atoms with Gasteiger partial charge < -0.3 is 4.74 Å². The lowest BCUT2D eigenvalue weighted by molar-refractivity contribution is -0.149. The normalized spacial score (nSPS) is 44.8. The maximum Gasteiger partial charge on any atom is 0.315 e. The van der Waals surface area contributed by atoms with Crippen molar-refractivity contribution in [3.63, 3.8) is 0 Å². The van der Waals surface area contributed by atoms with E-state index in [1.807, 2.05) is 0 Å². The molecule has 0 aromatic rings. The fourth-order valence-electron chi connectivity index (χ4n) is 2.53. The van der Waals surface area contributed by atoms with Crippen molar-refractivity contribution >= 4 is 5.97 Å². The molecule has 0 bridgehead atoms. The Balaban J connectivity index is 2.15. The zero-order valence-corrected chi connectivity index (χ0v) is 7.18. The second-order valence-electron chi connectivity index (χ2n) is 3.79. The summed E-state index contributed by atoms with van der Waals surface area (Å²) in [5.41, 5.74) is -0.715. The van der Waals surface area contributed by atoms with E-state index >= 15 is 0 Å². The Hall–Kier alpha value is -0.600. The third-order valence-corrected chi connectivity index (χ3v) is 3.32. The molecule has 68 valence electrons. The van der Waals surface area contributed by atoms with Crippen LogP contribution in [0.1, 0.15) is 25.7 Å². The van der Waals surface area contributed by atoms with Crippen LogP contribution < -0.4 is 0 Å². The van der Waals surface area contributed by atoms with Gasteiger partial charge in [-0.05, 0) is 12.8 Å². The first-order chi connectivity index (χ1) is 5.73. The highest BCUT2D eigenvalue weighted by molar-refractivity contribution is 5.82. The molecule has 0 amide bonds. The van der Waals surface area contributed by atoms with E-state index in [0.717, 1.165) is 19.3 Å². The lowest BCUT2D eigenvalue weighted by atomic mass is 9.88. The van der Waals surface area contributed by atoms with Crippen molar-refractivity contribution in [2.24, 2.45) is 11.3 Å². The highest BCUT2D eigenvalue weighted by Gasteiger charge is 2.71. The molecule has 2 aliphatic rings. The van der Waals surface area contributed by atoms with E-state index in [9.17, 15) is 9.18 Å². The summed E-state index contributed by atoms with van der Waals surface area (Å²) in [6.45, 7) is 0. The van der Waals surface area contributed by atoms with Crippen molar-refractivity contribution in [3.8, 4) is 0 Å². The van der Waals surface area contributed by atoms with Crippen LogP contribution in [0.4, 0.5) is 4.39 Å². The predicted molar refractivity (Wildman–Crippen MR) is 41.3 cm³/mol. The van der Waals surface area contributed by atoms with Gasteiger partial charge in [0.2, 0.25) is 0 Å². The topological polar surface area (TPSA) is 26.3 Å². The SMILES string of the molecule is COC(=O)[C@]12CCCC[C@@H]1[C@@H]2F. The number of carbonyl (C=O) groups excluding carboxylic acids is 1. The second-order valence-corrected chi connectivity index (χ2v) is 3.79. The van der Waals surface area contributed by atoms with Gasteiger partial charge in [0.25, 0.3) is 0 Å². The van der Waals surface area contributed by atoms with Gasteiger partial charge in [-0.2, -0.15) is 0 Å². The van der Waals surface area contributed by atoms with Crippen molar-refractivity contribution < 1.29 is 13.9 Å². The fourth-order valence-corrected chi connectivity index (χ4v) is 2.53. The van der Waals surface area contributed by atoms with Crippen LogP contribution in [-0.2, 0) is 9.53 Å². The molecule has 0 aliphatic heterocycles. The van der Waals surface area contributed by atoms with E-state index in [2.05, 4.69) is 4.74 Å². The van der Waals surface area contributed by atoms with Gasteiger partial charge in [0.1, 0.15) is 11.6 Å². The molecule has 2 saturated carbocycles. The van der Waals surface area contributed by atoms with Crippen LogP contribution in [0.25, 0.3) is 0 Å². The number of esters is 1. The van der Waals surface area contributed by atoms with E-state index in [1.165, 1.54) is 7.11 Å². The maximum atomic E-state index is 13.3. The van der Waals surface area contributed by atoms with E-state index in [4.69, 9.17) is 0 Å². The van der Waals surface area contributed by atoms with Crippen molar-refractivity contribution in [2.75, 3.05) is 7.11 Å². The Labute approximate surface area is 71.1 Å². The Kier molecular flexibility index (Phi) is 1.63. The zero-order valence-electron chi connectivity index (χ0n) is 7.18. The Morgan fingerprint density at radius 1 is 1.58 bits per heavy atom. The molecular weight excluding hydrogens is 159 g/mol. The molecule has 12 heavy (non-hydrogen) atoms. The van der Waals surface area contributed by atoms with Gasteiger partial charge in [0.15, 0.2) is 0 Å². The molecule has 0 aromatic carbocycles. The molecule has 3 heteroatoms. The minimum atomic E-state index is -0.924. The predicted octanol–water partition coefficient (Wildman–Crippen LogP) is 1.69. The average molecular weight is 172 g/mol. The minimum Gasteiger partial charge on any atom is -0.468 e. The molecular formula is C9H13FO2. The van der Waals surface area contributed by atoms with Crippen molar-refractivity contribution in [2.45, 2.75) is 31.9 Å². The highest BCUT2D eigenvalue weighted by Crippen LogP contribution is 2.63. The Morgan fingerprint density at radius 3 is 2.92 bits per heavy atom. The number of hydrogen-bond acceptors (Lipinski definition) is 2. The molecule has 2 nitrogen and oxygen atoms in total. The van der Waals surface area contributed by atoms with Gasteiger partial charge in [-0.3, -0.25) is 4.79 Å². The van der Waals surface area contributed by atoms with Crippen molar-refractivity contribution in [1.82, 2.24) is 0 Å². The van der Waals surface area contributed by atoms with Crippen LogP contribution >= 0.6 is 0 Å². The van der Waals surface area contributed by atoms with E-state index in [1.54, 1.807) is 0 Å². The summed E-state index contributed by atoms with van der Waals surface area (Å²) >= 11 is 0. The Morgan fingerprint density at radius 2 is 2.33 bits per heavy atom. The van der Waals surface area contributed by atoms with Gasteiger partial charge in [-0.25, -0.2) is 4.39 Å². The minimum absolute atomic E-state index is 0.0290. The van der Waals surface area contributed by atoms with E-state index in [0.29, 0.717) is 6.42 Å². The smallest absolute Gasteiger partial charge is 0.315 e. The number of ether oxygens (including phenoxy) is 1. The van der Waals surface area contributed by atoms with Crippen LogP contribution in [0.2, 0.25) is 0 Å². The number of carbonyl (C=O) groups is 1. The molecule has 0 unspecified atom stereocenters. The largest absolute Gasteiger partial charge is 0.468 e. The van der Waals surface area contributed by atoms with E-state index in [-0.39, 0.29) is 11.9 Å². The third kappa shape index (κ3) is 0.767. The summed E-state index contributed by atoms with van der Waals surface area (Å²) in [5, 5.41) is 0. The number of rotatable bonds is 1. The fraction of sp³-hybridized carbons (Fsp3) is 0.889. The molecule has 2 rings (SSSR count). The van der Waals surface area contributed by atoms with Crippen LogP contribution in [0, 0.1) is 11.3 Å². The first-order valence-electron chi connectivity index (χ1n) is 4.46. The molecule has 2 fully saturated rings. The second kappa shape index (κ2) is 2.44. The monoisotopic (exact) mass is 172 g/mol. The Bertz CT molecular complexity index is 217. The van der Waals surface area contributed by atoms with Gasteiger partial charge in [-0.1, -0.05) is 12.8 Å². The molecule has 2 aliphatic carbocycles. The lowest BCUT2D eigenvalue weighted by Crippen LogP contribution is -2.23. The molecule has 0 N–H and O–H groups in total. The summed E-state index contributed by atoms with van der Waals surface area (Å²) in [4.78, 5) is 11.3. The van der Waals surface area contributed by atoms with E-state index < -0.39 is 11.6 Å². The van der Waals surface area contributed by atoms with Crippen LogP contribution in [0.3, 0.4) is 0 Å². The summed E-state index contributed by atoms with van der Waals surface area (Å²) in [5.74, 6) is -0.363. The third-order valence-electron chi connectivity index (χ3n) is 3.32. The quantitative estimate of drug-likeness (QED) is 0.562. The lowest BCUT2D eigenvalue weighted by Gasteiger charge is -2.17. The zero-order chi connectivity index (χ0) is 8.77. The van der Waals surface area contributed by atoms with Gasteiger partial charge >= 0.3 is 5.97 Å². The molecule has 0 heterocycles. The molecule has 0 aromatic heterocycles. The van der Waals surface area contributed by atoms with Gasteiger partial charge in [-0.15, -0.1) is 0 Å². The number of hydrogen-bond donors (Lipinski definition) is 0. The summed E-state index contributed by atoms with van der Waals surface area (Å²) in [6.07, 6.45) is 2.64. The van der Waals surface area contributed by atoms with Crippen LogP contribution in [0.5, 0.6) is 0 Å². The first kappa shape index (κ1) is 8.02. The van der Waals surface area contributed by atoms with Crippen molar-refractivity contribution in [3.05, 3.63) is 0 Å². The molecule has 0 spiro atoms. The number of fused-ring (bicyclic) bond motifs is 1. The number of methoxy groups -OCH3 is 1. The standard InChI is InChI=1S/C9H13FO2/c1-12-8(11)9-5-3-2-4-6(9)7(9)10/h6-7H,2-5H2,1H3/t6-,7+,9-/m1/s1. The van der Waals surface area contributed by atoms with Gasteiger partial charge in [0, 0.05) is 5.92 Å². The molecule has 3 atom stereocenters. The molecule has 0 radical (unpaired) electrons.